The van der Waals surface area contributed by atoms with Gasteiger partial charge in [-0.15, -0.1) is 0 Å². The van der Waals surface area contributed by atoms with Crippen LogP contribution in [0, 0.1) is 0 Å². The summed E-state index contributed by atoms with van der Waals surface area (Å²) in [6, 6.07) is 48.1. The Labute approximate surface area is 339 Å². The Morgan fingerprint density at radius 3 is 1.24 bits per heavy atom. The number of nitrogens with zero attached hydrogens (tertiary/aromatic N) is 2. The maximum Gasteiger partial charge on any atom is 0.355 e. The monoisotopic (exact) mass is 784 g/mol. The number of carbonyl (C=O) groups excluding carboxylic acids is 1. The first-order chi connectivity index (χ1) is 28.7. The first-order valence-corrected chi connectivity index (χ1v) is 18.7. The van der Waals surface area contributed by atoms with Crippen LogP contribution >= 0.6 is 0 Å². The third-order valence-electron chi connectivity index (χ3n) is 10.0. The third kappa shape index (κ3) is 8.10. The molecule has 294 valence electrons. The van der Waals surface area contributed by atoms with Crippen LogP contribution in [-0.2, 0) is 17.8 Å². The summed E-state index contributed by atoms with van der Waals surface area (Å²) in [6.07, 6.45) is 0. The van der Waals surface area contributed by atoms with Crippen molar-refractivity contribution in [3.8, 4) is 33.8 Å². The van der Waals surface area contributed by atoms with Crippen molar-refractivity contribution >= 4 is 33.5 Å². The van der Waals surface area contributed by atoms with Crippen LogP contribution in [0.25, 0.3) is 43.8 Å². The molecular formula is C49H40N2O8. The Balaban J connectivity index is 0.000000179. The molecule has 0 bridgehead atoms. The van der Waals surface area contributed by atoms with E-state index in [1.54, 1.807) is 43.5 Å². The molecule has 0 spiro atoms. The number of hydrogen-bond donors (Lipinski definition) is 1. The van der Waals surface area contributed by atoms with Crippen LogP contribution in [0.4, 0.5) is 0 Å². The van der Waals surface area contributed by atoms with Crippen molar-refractivity contribution in [2.45, 2.75) is 13.1 Å². The second-order valence-electron chi connectivity index (χ2n) is 13.6. The van der Waals surface area contributed by atoms with Gasteiger partial charge < -0.3 is 19.3 Å². The van der Waals surface area contributed by atoms with Crippen LogP contribution in [0.1, 0.15) is 32.1 Å². The Bertz CT molecular complexity index is 2910. The van der Waals surface area contributed by atoms with Crippen molar-refractivity contribution in [3.05, 3.63) is 201 Å². The lowest BCUT2D eigenvalue weighted by Crippen LogP contribution is -2.28. The first-order valence-electron chi connectivity index (χ1n) is 18.7. The topological polar surface area (TPSA) is 126 Å². The van der Waals surface area contributed by atoms with Crippen LogP contribution < -0.4 is 20.6 Å². The van der Waals surface area contributed by atoms with Crippen molar-refractivity contribution in [2.75, 3.05) is 21.3 Å². The zero-order chi connectivity index (χ0) is 41.5. The van der Waals surface area contributed by atoms with Crippen LogP contribution in [0.2, 0.25) is 0 Å². The molecular weight excluding hydrogens is 745 g/mol. The molecule has 0 fully saturated rings. The van der Waals surface area contributed by atoms with Gasteiger partial charge in [0.25, 0.3) is 11.1 Å². The van der Waals surface area contributed by atoms with E-state index in [9.17, 15) is 24.3 Å². The largest absolute Gasteiger partial charge is 0.497 e. The number of pyridine rings is 2. The maximum absolute atomic E-state index is 13.5. The maximum atomic E-state index is 13.5. The molecule has 0 aliphatic heterocycles. The molecule has 0 atom stereocenters. The van der Waals surface area contributed by atoms with E-state index in [0.717, 1.165) is 22.3 Å². The highest BCUT2D eigenvalue weighted by atomic mass is 16.5. The molecule has 0 saturated heterocycles. The van der Waals surface area contributed by atoms with Crippen molar-refractivity contribution in [3.63, 3.8) is 0 Å². The van der Waals surface area contributed by atoms with Crippen molar-refractivity contribution in [1.82, 2.24) is 9.13 Å². The highest BCUT2D eigenvalue weighted by Crippen LogP contribution is 2.35. The van der Waals surface area contributed by atoms with Crippen LogP contribution in [0.15, 0.2) is 167 Å². The fraction of sp³-hybridized carbons (Fsp3) is 0.102. The molecule has 10 heteroatoms. The fourth-order valence-electron chi connectivity index (χ4n) is 7.27. The van der Waals surface area contributed by atoms with Gasteiger partial charge in [0.05, 0.1) is 34.4 Å². The molecule has 6 aromatic carbocycles. The zero-order valence-electron chi connectivity index (χ0n) is 32.6. The number of hydrogen-bond acceptors (Lipinski definition) is 7. The summed E-state index contributed by atoms with van der Waals surface area (Å²) in [6.45, 7) is 0.426. The van der Waals surface area contributed by atoms with Gasteiger partial charge in [-0.2, -0.15) is 0 Å². The normalized spacial score (nSPS) is 10.8. The molecule has 0 aliphatic rings. The average molecular weight is 785 g/mol. The number of carbonyl (C=O) groups is 2. The average Bonchev–Trinajstić information content (AvgIpc) is 3.28. The van der Waals surface area contributed by atoms with Crippen LogP contribution in [-0.4, -0.2) is 47.5 Å². The van der Waals surface area contributed by atoms with E-state index in [2.05, 4.69) is 0 Å². The SMILES string of the molecule is COC(=O)c1c(-c2ccccc2)c2cc(OC)ccc2c(=O)n1Cc1ccccc1.COc1ccc2c(=O)n(Cc3ccccc3)c(C(=O)O)c(-c3ccccc3)c2c1. The Morgan fingerprint density at radius 2 is 0.864 bits per heavy atom. The van der Waals surface area contributed by atoms with E-state index in [4.69, 9.17) is 14.2 Å². The highest BCUT2D eigenvalue weighted by molar-refractivity contribution is 6.08. The number of benzene rings is 6. The highest BCUT2D eigenvalue weighted by Gasteiger charge is 2.26. The molecule has 8 aromatic rings. The lowest BCUT2D eigenvalue weighted by atomic mass is 9.96. The second-order valence-corrected chi connectivity index (χ2v) is 13.6. The zero-order valence-corrected chi connectivity index (χ0v) is 32.6. The molecule has 0 radical (unpaired) electrons. The van der Waals surface area contributed by atoms with E-state index in [1.807, 2.05) is 121 Å². The van der Waals surface area contributed by atoms with E-state index >= 15 is 0 Å². The van der Waals surface area contributed by atoms with E-state index in [-0.39, 0.29) is 35.6 Å². The Hall–Kier alpha value is -7.72. The molecule has 0 aliphatic carbocycles. The van der Waals surface area contributed by atoms with Gasteiger partial charge in [-0.3, -0.25) is 18.7 Å². The molecule has 1 N–H and O–H groups in total. The summed E-state index contributed by atoms with van der Waals surface area (Å²) in [5, 5.41) is 12.3. The molecule has 2 heterocycles. The standard InChI is InChI=1S/C25H21NO4.C24H19NO4/c1-29-19-13-14-20-21(15-19)22(18-11-7-4-8-12-18)23(25(28)30-2)26(24(20)27)16-17-9-5-3-6-10-17;1-29-18-12-13-19-20(14-18)21(17-10-6-3-7-11-17)22(24(27)28)25(23(19)26)15-16-8-4-2-5-9-16/h3-15H,16H2,1-2H3;2-14H,15H2,1H3,(H,27,28). The van der Waals surface area contributed by atoms with E-state index in [0.29, 0.717) is 44.2 Å². The van der Waals surface area contributed by atoms with E-state index in [1.165, 1.54) is 23.4 Å². The molecule has 2 aromatic heterocycles. The molecule has 59 heavy (non-hydrogen) atoms. The summed E-state index contributed by atoms with van der Waals surface area (Å²) in [5.74, 6) is -0.546. The molecule has 10 nitrogen and oxygen atoms in total. The summed E-state index contributed by atoms with van der Waals surface area (Å²) >= 11 is 0. The molecule has 8 rings (SSSR count). The van der Waals surface area contributed by atoms with Crippen molar-refractivity contribution < 1.29 is 28.9 Å². The van der Waals surface area contributed by atoms with Gasteiger partial charge in [0.1, 0.15) is 22.9 Å². The van der Waals surface area contributed by atoms with Gasteiger partial charge >= 0.3 is 11.9 Å². The van der Waals surface area contributed by atoms with Gasteiger partial charge in [0.15, 0.2) is 0 Å². The minimum absolute atomic E-state index is 0.0363. The second kappa shape index (κ2) is 17.6. The van der Waals surface area contributed by atoms with Gasteiger partial charge in [-0.25, -0.2) is 9.59 Å². The summed E-state index contributed by atoms with van der Waals surface area (Å²) in [5.41, 5.74) is 4.04. The smallest absolute Gasteiger partial charge is 0.355 e. The number of methoxy groups -OCH3 is 3. The molecule has 0 saturated carbocycles. The van der Waals surface area contributed by atoms with Crippen molar-refractivity contribution in [1.29, 1.82) is 0 Å². The molecule has 0 amide bonds. The number of carboxylic acids is 1. The van der Waals surface area contributed by atoms with Crippen LogP contribution in [0.3, 0.4) is 0 Å². The predicted octanol–water partition coefficient (Wildman–Crippen LogP) is 8.94. The van der Waals surface area contributed by atoms with Crippen LogP contribution in [0.5, 0.6) is 11.5 Å². The van der Waals surface area contributed by atoms with Gasteiger partial charge in [-0.05, 0) is 58.7 Å². The van der Waals surface area contributed by atoms with Crippen molar-refractivity contribution in [2.24, 2.45) is 0 Å². The van der Waals surface area contributed by atoms with Gasteiger partial charge in [0, 0.05) is 32.7 Å². The van der Waals surface area contributed by atoms with E-state index < -0.39 is 11.9 Å². The number of ether oxygens (including phenoxy) is 3. The predicted molar refractivity (Wildman–Crippen MR) is 230 cm³/mol. The summed E-state index contributed by atoms with van der Waals surface area (Å²) in [4.78, 5) is 52.1. The molecule has 0 unspecified atom stereocenters. The summed E-state index contributed by atoms with van der Waals surface area (Å²) < 4.78 is 18.7. The fourth-order valence-corrected chi connectivity index (χ4v) is 7.27. The number of fused-ring (bicyclic) bond motifs is 2. The number of esters is 1. The minimum Gasteiger partial charge on any atom is -0.497 e. The quantitative estimate of drug-likeness (QED) is 0.136. The summed E-state index contributed by atoms with van der Waals surface area (Å²) in [7, 11) is 4.43. The number of aromatic nitrogens is 2. The minimum atomic E-state index is -1.15. The lowest BCUT2D eigenvalue weighted by Gasteiger charge is -2.19. The van der Waals surface area contributed by atoms with Gasteiger partial charge in [-0.1, -0.05) is 121 Å². The lowest BCUT2D eigenvalue weighted by molar-refractivity contribution is 0.0587. The third-order valence-corrected chi connectivity index (χ3v) is 10.0. The number of rotatable bonds is 10. The number of carboxylic acid groups (broad SMARTS) is 1. The first kappa shape index (κ1) is 39.5. The number of aromatic carboxylic acids is 1. The van der Waals surface area contributed by atoms with Gasteiger partial charge in [0.2, 0.25) is 0 Å². The Morgan fingerprint density at radius 1 is 0.492 bits per heavy atom. The Kier molecular flexibility index (Phi) is 11.8.